The Kier molecular flexibility index (Phi) is 10.9. The molecule has 10 aromatic rings. The normalized spacial score (nSPS) is 11.0. The van der Waals surface area contributed by atoms with Gasteiger partial charge in [0.05, 0.1) is 23.3 Å². The van der Waals surface area contributed by atoms with Gasteiger partial charge in [-0.25, -0.2) is 29.9 Å². The van der Waals surface area contributed by atoms with E-state index in [1.807, 2.05) is 109 Å². The van der Waals surface area contributed by atoms with E-state index in [-0.39, 0.29) is 0 Å². The van der Waals surface area contributed by atoms with Crippen LogP contribution in [0.5, 0.6) is 0 Å². The molecule has 0 aliphatic carbocycles. The molecule has 0 bridgehead atoms. The summed E-state index contributed by atoms with van der Waals surface area (Å²) in [6, 6.07) is 77.6. The molecule has 0 N–H and O–H groups in total. The number of nitrogens with zero attached hydrogens (tertiary/aromatic N) is 8. The lowest BCUT2D eigenvalue weighted by molar-refractivity contribution is 1.07. The highest BCUT2D eigenvalue weighted by molar-refractivity contribution is 7.20. The van der Waals surface area contributed by atoms with Crippen molar-refractivity contribution < 1.29 is 0 Å². The van der Waals surface area contributed by atoms with Crippen molar-refractivity contribution >= 4 is 28.8 Å². The van der Waals surface area contributed by atoms with E-state index in [1.54, 1.807) is 12.1 Å². The van der Waals surface area contributed by atoms with E-state index in [2.05, 4.69) is 109 Å². The van der Waals surface area contributed by atoms with E-state index in [9.17, 15) is 10.5 Å². The van der Waals surface area contributed by atoms with Gasteiger partial charge in [-0.1, -0.05) is 194 Å². The zero-order valence-electron chi connectivity index (χ0n) is 34.9. The van der Waals surface area contributed by atoms with E-state index in [4.69, 9.17) is 29.9 Å². The average Bonchev–Trinajstić information content (AvgIpc) is 3.40. The highest BCUT2D eigenvalue weighted by Crippen LogP contribution is 2.28. The molecule has 8 aromatic carbocycles. The van der Waals surface area contributed by atoms with Crippen LogP contribution in [0.3, 0.4) is 0 Å². The molecule has 2 heterocycles. The van der Waals surface area contributed by atoms with Crippen molar-refractivity contribution in [3.8, 4) is 80.5 Å². The molecule has 0 fully saturated rings. The summed E-state index contributed by atoms with van der Waals surface area (Å²) in [6.45, 7) is 0. The van der Waals surface area contributed by atoms with Crippen molar-refractivity contribution in [3.63, 3.8) is 0 Å². The van der Waals surface area contributed by atoms with Crippen molar-refractivity contribution in [2.24, 2.45) is 0 Å². The van der Waals surface area contributed by atoms with Gasteiger partial charge in [-0.15, -0.1) is 0 Å². The van der Waals surface area contributed by atoms with Gasteiger partial charge in [-0.05, 0) is 45.0 Å². The van der Waals surface area contributed by atoms with Crippen LogP contribution < -0.4 is 20.7 Å². The van der Waals surface area contributed by atoms with Crippen LogP contribution in [0, 0.1) is 22.7 Å². The number of rotatable bonds is 10. The first-order chi connectivity index (χ1) is 32.1. The third-order valence-electron chi connectivity index (χ3n) is 11.4. The van der Waals surface area contributed by atoms with Crippen LogP contribution in [0.15, 0.2) is 218 Å². The Hall–Kier alpha value is -9.02. The SMILES string of the molecule is N#Cc1cccc(-c2nc(-c3ccccc3)nc(-c3cccc([Si](c4ccccc4)(c4ccccc4)c4cccc(-c5nc(-c6ccccc6)nc(-c6cccc(C#N)c6)n5)c4)c3)n2)c1. The van der Waals surface area contributed by atoms with Gasteiger partial charge in [-0.3, -0.25) is 0 Å². The fourth-order valence-electron chi connectivity index (χ4n) is 8.32. The Balaban J connectivity index is 1.20. The van der Waals surface area contributed by atoms with Gasteiger partial charge in [0.25, 0.3) is 0 Å². The van der Waals surface area contributed by atoms with E-state index >= 15 is 0 Å². The summed E-state index contributed by atoms with van der Waals surface area (Å²) in [5, 5.41) is 24.1. The molecule has 0 aliphatic rings. The lowest BCUT2D eigenvalue weighted by Gasteiger charge is -2.35. The first-order valence-electron chi connectivity index (χ1n) is 21.1. The van der Waals surface area contributed by atoms with Crippen LogP contribution in [0.25, 0.3) is 68.3 Å². The highest BCUT2D eigenvalue weighted by atomic mass is 28.3. The monoisotopic (exact) mass is 848 g/mol. The fraction of sp³-hybridized carbons (Fsp3) is 0. The first kappa shape index (κ1) is 40.1. The number of hydrogen-bond donors (Lipinski definition) is 0. The average molecular weight is 849 g/mol. The number of benzene rings is 8. The molecular formula is C56H36N8Si. The molecule has 0 spiro atoms. The maximum atomic E-state index is 9.76. The molecule has 0 saturated carbocycles. The summed E-state index contributed by atoms with van der Waals surface area (Å²) >= 11 is 0. The second-order valence-corrected chi connectivity index (χ2v) is 19.2. The van der Waals surface area contributed by atoms with Gasteiger partial charge in [0.1, 0.15) is 0 Å². The largest absolute Gasteiger partial charge is 0.208 e. The minimum atomic E-state index is -3.18. The molecule has 0 amide bonds. The van der Waals surface area contributed by atoms with Gasteiger partial charge >= 0.3 is 0 Å². The topological polar surface area (TPSA) is 125 Å². The Morgan fingerprint density at radius 2 is 0.523 bits per heavy atom. The van der Waals surface area contributed by atoms with Crippen molar-refractivity contribution in [2.75, 3.05) is 0 Å². The first-order valence-corrected chi connectivity index (χ1v) is 23.1. The summed E-state index contributed by atoms with van der Waals surface area (Å²) in [5.74, 6) is 3.05. The van der Waals surface area contributed by atoms with Crippen LogP contribution in [0.1, 0.15) is 11.1 Å². The molecule has 0 aliphatic heterocycles. The summed E-state index contributed by atoms with van der Waals surface area (Å²) in [7, 11) is -3.18. The lowest BCUT2D eigenvalue weighted by Crippen LogP contribution is -2.74. The van der Waals surface area contributed by atoms with Gasteiger partial charge < -0.3 is 0 Å². The number of nitriles is 2. The minimum absolute atomic E-state index is 0.477. The third kappa shape index (κ3) is 7.99. The van der Waals surface area contributed by atoms with E-state index in [0.717, 1.165) is 43.8 Å². The van der Waals surface area contributed by atoms with Gasteiger partial charge in [0, 0.05) is 33.4 Å². The van der Waals surface area contributed by atoms with Gasteiger partial charge in [-0.2, -0.15) is 10.5 Å². The molecule has 0 saturated heterocycles. The quantitative estimate of drug-likeness (QED) is 0.0986. The second-order valence-electron chi connectivity index (χ2n) is 15.4. The summed E-state index contributed by atoms with van der Waals surface area (Å²) in [6.07, 6.45) is 0. The van der Waals surface area contributed by atoms with Crippen molar-refractivity contribution in [3.05, 3.63) is 230 Å². The van der Waals surface area contributed by atoms with E-state index < -0.39 is 8.07 Å². The number of aromatic nitrogens is 6. The predicted molar refractivity (Wildman–Crippen MR) is 259 cm³/mol. The smallest absolute Gasteiger partial charge is 0.179 e. The molecule has 8 nitrogen and oxygen atoms in total. The van der Waals surface area contributed by atoms with Gasteiger partial charge in [0.15, 0.2) is 43.0 Å². The van der Waals surface area contributed by atoms with Crippen LogP contribution in [-0.4, -0.2) is 38.0 Å². The van der Waals surface area contributed by atoms with Crippen molar-refractivity contribution in [2.45, 2.75) is 0 Å². The molecule has 10 rings (SSSR count). The molecule has 9 heteroatoms. The zero-order chi connectivity index (χ0) is 44.0. The predicted octanol–water partition coefficient (Wildman–Crippen LogP) is 9.18. The highest BCUT2D eigenvalue weighted by Gasteiger charge is 2.42. The lowest BCUT2D eigenvalue weighted by atomic mass is 10.1. The maximum absolute atomic E-state index is 9.76. The van der Waals surface area contributed by atoms with E-state index in [1.165, 1.54) is 10.4 Å². The van der Waals surface area contributed by atoms with Crippen LogP contribution in [0.2, 0.25) is 0 Å². The van der Waals surface area contributed by atoms with Gasteiger partial charge in [0.2, 0.25) is 0 Å². The Bertz CT molecular complexity index is 3180. The molecule has 65 heavy (non-hydrogen) atoms. The zero-order valence-corrected chi connectivity index (χ0v) is 35.9. The molecule has 0 atom stereocenters. The molecule has 2 aromatic heterocycles. The Labute approximate surface area is 377 Å². The molecule has 0 unspecified atom stereocenters. The third-order valence-corrected chi connectivity index (χ3v) is 16.1. The van der Waals surface area contributed by atoms with Crippen LogP contribution in [-0.2, 0) is 0 Å². The Morgan fingerprint density at radius 1 is 0.262 bits per heavy atom. The standard InChI is InChI=1S/C56H36N8Si/c57-37-39-17-13-23-43(33-39)53-59-51(41-19-5-1-6-20-41)61-55(63-53)45-25-15-31-49(35-45)65(47-27-9-3-10-28-47,48-29-11-4-12-30-48)50-32-16-26-46(36-50)56-62-52(42-21-7-2-8-22-42)60-54(64-56)44-24-14-18-40(34-44)38-58/h1-36H. The minimum Gasteiger partial charge on any atom is -0.208 e. The van der Waals surface area contributed by atoms with Crippen molar-refractivity contribution in [1.82, 2.24) is 29.9 Å². The Morgan fingerprint density at radius 3 is 0.862 bits per heavy atom. The maximum Gasteiger partial charge on any atom is 0.179 e. The molecular weight excluding hydrogens is 813 g/mol. The van der Waals surface area contributed by atoms with Crippen LogP contribution in [0.4, 0.5) is 0 Å². The van der Waals surface area contributed by atoms with E-state index in [0.29, 0.717) is 46.1 Å². The van der Waals surface area contributed by atoms with Crippen LogP contribution >= 0.6 is 0 Å². The summed E-state index contributed by atoms with van der Waals surface area (Å²) in [4.78, 5) is 30.3. The number of hydrogen-bond acceptors (Lipinski definition) is 8. The molecule has 0 radical (unpaired) electrons. The van der Waals surface area contributed by atoms with Crippen molar-refractivity contribution in [1.29, 1.82) is 10.5 Å². The summed E-state index contributed by atoms with van der Waals surface area (Å²) < 4.78 is 0. The fourth-order valence-corrected chi connectivity index (χ4v) is 13.1. The molecule has 304 valence electrons. The summed E-state index contributed by atoms with van der Waals surface area (Å²) in [5.41, 5.74) is 5.86. The second kappa shape index (κ2) is 17.8.